The quantitative estimate of drug-likeness (QED) is 0.450. The SMILES string of the molecule is COC(=O)C(=C(C)NC(C)C1CCN(C(=O)O)C(C(C)(C)C)C1)c1ccccc1Br. The highest BCUT2D eigenvalue weighted by Gasteiger charge is 2.40. The number of ether oxygens (including phenoxy) is 1. The van der Waals surface area contributed by atoms with Crippen molar-refractivity contribution in [1.29, 1.82) is 0 Å². The van der Waals surface area contributed by atoms with Gasteiger partial charge in [0, 0.05) is 34.4 Å². The van der Waals surface area contributed by atoms with Gasteiger partial charge >= 0.3 is 12.1 Å². The first-order valence-electron chi connectivity index (χ1n) is 10.3. The number of halogens is 1. The minimum absolute atomic E-state index is 0.0503. The van der Waals surface area contributed by atoms with Crippen LogP contribution in [-0.2, 0) is 9.53 Å². The van der Waals surface area contributed by atoms with Crippen molar-refractivity contribution >= 4 is 33.6 Å². The van der Waals surface area contributed by atoms with Crippen LogP contribution < -0.4 is 5.32 Å². The monoisotopic (exact) mass is 480 g/mol. The van der Waals surface area contributed by atoms with Gasteiger partial charge in [-0.25, -0.2) is 9.59 Å². The van der Waals surface area contributed by atoms with Crippen molar-refractivity contribution in [2.75, 3.05) is 13.7 Å². The summed E-state index contributed by atoms with van der Waals surface area (Å²) in [6.07, 6.45) is 0.704. The molecule has 0 aliphatic carbocycles. The van der Waals surface area contributed by atoms with Gasteiger partial charge in [-0.1, -0.05) is 54.9 Å². The Labute approximate surface area is 187 Å². The lowest BCUT2D eigenvalue weighted by Crippen LogP contribution is -2.54. The lowest BCUT2D eigenvalue weighted by Gasteiger charge is -2.46. The zero-order valence-electron chi connectivity index (χ0n) is 18.7. The zero-order valence-corrected chi connectivity index (χ0v) is 20.2. The molecule has 1 aliphatic rings. The molecule has 0 spiro atoms. The number of allylic oxidation sites excluding steroid dienone is 1. The number of carboxylic acid groups (broad SMARTS) is 1. The molecule has 1 aromatic carbocycles. The third kappa shape index (κ3) is 5.56. The molecule has 166 valence electrons. The normalized spacial score (nSPS) is 21.5. The number of rotatable bonds is 5. The summed E-state index contributed by atoms with van der Waals surface area (Å²) >= 11 is 3.52. The van der Waals surface area contributed by atoms with Crippen molar-refractivity contribution < 1.29 is 19.4 Å². The molecule has 1 aliphatic heterocycles. The molecule has 0 radical (unpaired) electrons. The van der Waals surface area contributed by atoms with Crippen molar-refractivity contribution in [3.63, 3.8) is 0 Å². The molecule has 7 heteroatoms. The zero-order chi connectivity index (χ0) is 22.6. The average Bonchev–Trinajstić information content (AvgIpc) is 2.68. The Morgan fingerprint density at radius 2 is 1.93 bits per heavy atom. The van der Waals surface area contributed by atoms with E-state index in [1.54, 1.807) is 4.90 Å². The van der Waals surface area contributed by atoms with E-state index in [9.17, 15) is 14.7 Å². The lowest BCUT2D eigenvalue weighted by molar-refractivity contribution is -0.133. The smallest absolute Gasteiger partial charge is 0.407 e. The van der Waals surface area contributed by atoms with Gasteiger partial charge in [-0.3, -0.25) is 0 Å². The second-order valence-electron chi connectivity index (χ2n) is 9.05. The average molecular weight is 481 g/mol. The number of carbonyl (C=O) groups excluding carboxylic acids is 1. The van der Waals surface area contributed by atoms with Crippen molar-refractivity contribution in [3.05, 3.63) is 40.0 Å². The summed E-state index contributed by atoms with van der Waals surface area (Å²) in [5, 5.41) is 13.1. The maximum Gasteiger partial charge on any atom is 0.407 e. The van der Waals surface area contributed by atoms with Crippen LogP contribution >= 0.6 is 15.9 Å². The van der Waals surface area contributed by atoms with Gasteiger partial charge in [0.15, 0.2) is 0 Å². The van der Waals surface area contributed by atoms with E-state index < -0.39 is 12.1 Å². The fourth-order valence-corrected chi connectivity index (χ4v) is 4.74. The standard InChI is InChI=1S/C23H33BrN2O4/c1-14(16-11-12-26(22(28)29)19(13-16)23(3,4)5)25-15(2)20(21(27)30-6)17-9-7-8-10-18(17)24/h7-10,14,16,19,25H,11-13H2,1-6H3,(H,28,29). The molecule has 3 atom stereocenters. The second kappa shape index (κ2) is 9.86. The van der Waals surface area contributed by atoms with Gasteiger partial charge in [-0.15, -0.1) is 0 Å². The van der Waals surface area contributed by atoms with Crippen molar-refractivity contribution in [2.45, 2.75) is 59.5 Å². The van der Waals surface area contributed by atoms with Crippen LogP contribution in [0.25, 0.3) is 5.57 Å². The molecular formula is C23H33BrN2O4. The highest BCUT2D eigenvalue weighted by Crippen LogP contribution is 2.36. The minimum Gasteiger partial charge on any atom is -0.465 e. The fraction of sp³-hybridized carbons (Fsp3) is 0.565. The molecule has 1 aromatic rings. The Balaban J connectivity index is 2.28. The number of hydrogen-bond donors (Lipinski definition) is 2. The highest BCUT2D eigenvalue weighted by molar-refractivity contribution is 9.10. The van der Waals surface area contributed by atoms with Gasteiger partial charge in [0.25, 0.3) is 0 Å². The number of benzene rings is 1. The topological polar surface area (TPSA) is 78.9 Å². The van der Waals surface area contributed by atoms with Crippen molar-refractivity contribution in [3.8, 4) is 0 Å². The van der Waals surface area contributed by atoms with Crippen molar-refractivity contribution in [1.82, 2.24) is 10.2 Å². The molecule has 1 heterocycles. The van der Waals surface area contributed by atoms with Crippen LogP contribution in [0.5, 0.6) is 0 Å². The Morgan fingerprint density at radius 3 is 2.47 bits per heavy atom. The third-order valence-electron chi connectivity index (χ3n) is 5.95. The number of esters is 1. The Morgan fingerprint density at radius 1 is 1.30 bits per heavy atom. The molecule has 3 unspecified atom stereocenters. The largest absolute Gasteiger partial charge is 0.465 e. The van der Waals surface area contributed by atoms with Gasteiger partial charge in [0.2, 0.25) is 0 Å². The fourth-order valence-electron chi connectivity index (χ4n) is 4.26. The van der Waals surface area contributed by atoms with Crippen LogP contribution in [0.3, 0.4) is 0 Å². The Hall–Kier alpha value is -2.02. The predicted octanol–water partition coefficient (Wildman–Crippen LogP) is 5.14. The van der Waals surface area contributed by atoms with E-state index in [2.05, 4.69) is 48.9 Å². The van der Waals surface area contributed by atoms with E-state index in [0.29, 0.717) is 12.1 Å². The first-order valence-corrected chi connectivity index (χ1v) is 11.1. The van der Waals surface area contributed by atoms with Crippen molar-refractivity contribution in [2.24, 2.45) is 11.3 Å². The number of nitrogens with zero attached hydrogens (tertiary/aromatic N) is 1. The Bertz CT molecular complexity index is 816. The lowest BCUT2D eigenvalue weighted by atomic mass is 9.75. The van der Waals surface area contributed by atoms with Gasteiger partial charge in [0.05, 0.1) is 12.7 Å². The molecule has 2 rings (SSSR count). The molecule has 1 amide bonds. The minimum atomic E-state index is -0.855. The molecule has 0 bridgehead atoms. The van der Waals surface area contributed by atoms with Gasteiger partial charge < -0.3 is 20.1 Å². The van der Waals surface area contributed by atoms with E-state index >= 15 is 0 Å². The number of methoxy groups -OCH3 is 1. The van der Waals surface area contributed by atoms with Crippen LogP contribution in [-0.4, -0.2) is 47.8 Å². The van der Waals surface area contributed by atoms with Crippen LogP contribution in [0.2, 0.25) is 0 Å². The summed E-state index contributed by atoms with van der Waals surface area (Å²) in [6, 6.07) is 7.59. The Kier molecular flexibility index (Phi) is 7.97. The molecule has 30 heavy (non-hydrogen) atoms. The predicted molar refractivity (Wildman–Crippen MR) is 122 cm³/mol. The van der Waals surface area contributed by atoms with Crippen LogP contribution in [0.1, 0.15) is 53.0 Å². The number of likely N-dealkylation sites (tertiary alicyclic amines) is 1. The molecule has 0 aromatic heterocycles. The van der Waals surface area contributed by atoms with Gasteiger partial charge in [0.1, 0.15) is 0 Å². The molecule has 1 saturated heterocycles. The number of amides is 1. The summed E-state index contributed by atoms with van der Waals surface area (Å²) in [6.45, 7) is 10.8. The number of hydrogen-bond acceptors (Lipinski definition) is 4. The molecule has 0 saturated carbocycles. The van der Waals surface area contributed by atoms with E-state index in [4.69, 9.17) is 4.74 Å². The molecule has 1 fully saturated rings. The summed E-state index contributed by atoms with van der Waals surface area (Å²) in [4.78, 5) is 25.8. The summed E-state index contributed by atoms with van der Waals surface area (Å²) < 4.78 is 5.86. The van der Waals surface area contributed by atoms with E-state index in [-0.39, 0.29) is 23.4 Å². The van der Waals surface area contributed by atoms with Crippen LogP contribution in [0.4, 0.5) is 4.79 Å². The van der Waals surface area contributed by atoms with E-state index in [1.807, 2.05) is 31.2 Å². The second-order valence-corrected chi connectivity index (χ2v) is 9.90. The molecule has 6 nitrogen and oxygen atoms in total. The summed E-state index contributed by atoms with van der Waals surface area (Å²) in [5.74, 6) is -0.106. The van der Waals surface area contributed by atoms with E-state index in [1.165, 1.54) is 7.11 Å². The molecular weight excluding hydrogens is 448 g/mol. The number of nitrogens with one attached hydrogen (secondary N) is 1. The molecule has 2 N–H and O–H groups in total. The number of piperidine rings is 1. The number of carbonyl (C=O) groups is 2. The maximum atomic E-state index is 12.6. The summed E-state index contributed by atoms with van der Waals surface area (Å²) in [7, 11) is 1.38. The first kappa shape index (κ1) is 24.3. The van der Waals surface area contributed by atoms with Crippen LogP contribution in [0, 0.1) is 11.3 Å². The summed E-state index contributed by atoms with van der Waals surface area (Å²) in [5.41, 5.74) is 1.87. The highest BCUT2D eigenvalue weighted by atomic mass is 79.9. The van der Waals surface area contributed by atoms with E-state index in [0.717, 1.165) is 28.6 Å². The van der Waals surface area contributed by atoms with Gasteiger partial charge in [-0.2, -0.15) is 0 Å². The third-order valence-corrected chi connectivity index (χ3v) is 6.64. The maximum absolute atomic E-state index is 12.6. The van der Waals surface area contributed by atoms with Gasteiger partial charge in [-0.05, 0) is 44.1 Å². The first-order chi connectivity index (χ1) is 14.0. The van der Waals surface area contributed by atoms with Crippen LogP contribution in [0.15, 0.2) is 34.4 Å².